The first kappa shape index (κ1) is 13.5. The molecule has 5 heteroatoms. The third-order valence-corrected chi connectivity index (χ3v) is 3.53. The monoisotopic (exact) mass is 272 g/mol. The second-order valence-corrected chi connectivity index (χ2v) is 4.60. The van der Waals surface area contributed by atoms with E-state index in [1.54, 1.807) is 6.08 Å². The molecule has 1 aliphatic rings. The van der Waals surface area contributed by atoms with Gasteiger partial charge in [0.25, 0.3) is 0 Å². The van der Waals surface area contributed by atoms with Crippen molar-refractivity contribution in [3.63, 3.8) is 0 Å². The Balaban J connectivity index is 2.37. The summed E-state index contributed by atoms with van der Waals surface area (Å²) in [4.78, 5) is 2.03. The lowest BCUT2D eigenvalue weighted by atomic mass is 10.0. The van der Waals surface area contributed by atoms with Crippen LogP contribution in [0, 0.1) is 11.6 Å². The first-order valence-electron chi connectivity index (χ1n) is 5.86. The first-order chi connectivity index (χ1) is 8.65. The summed E-state index contributed by atoms with van der Waals surface area (Å²) in [5, 5.41) is 3.05. The highest BCUT2D eigenvalue weighted by Gasteiger charge is 2.25. The molecule has 1 aromatic carbocycles. The van der Waals surface area contributed by atoms with Crippen molar-refractivity contribution in [3.8, 4) is 0 Å². The van der Waals surface area contributed by atoms with Crippen molar-refractivity contribution in [2.75, 3.05) is 26.2 Å². The average molecular weight is 273 g/mol. The van der Waals surface area contributed by atoms with Crippen molar-refractivity contribution in [1.82, 2.24) is 10.2 Å². The van der Waals surface area contributed by atoms with Gasteiger partial charge in [-0.3, -0.25) is 4.90 Å². The molecule has 2 rings (SSSR count). The Labute approximate surface area is 110 Å². The maximum absolute atomic E-state index is 13.9. The van der Waals surface area contributed by atoms with Crippen LogP contribution in [-0.2, 0) is 0 Å². The number of halogens is 3. The molecule has 1 N–H and O–H groups in total. The maximum atomic E-state index is 13.9. The Morgan fingerprint density at radius 2 is 1.89 bits per heavy atom. The Hall–Kier alpha value is -0.970. The fourth-order valence-corrected chi connectivity index (χ4v) is 2.49. The molecule has 1 heterocycles. The zero-order valence-electron chi connectivity index (χ0n) is 9.93. The summed E-state index contributed by atoms with van der Waals surface area (Å²) in [6.07, 6.45) is 1.61. The number of nitrogens with one attached hydrogen (secondary N) is 1. The molecule has 98 valence electrons. The molecule has 18 heavy (non-hydrogen) atoms. The molecule has 1 aliphatic heterocycles. The van der Waals surface area contributed by atoms with Crippen molar-refractivity contribution >= 4 is 11.6 Å². The Morgan fingerprint density at radius 1 is 1.28 bits per heavy atom. The zero-order chi connectivity index (χ0) is 13.1. The van der Waals surface area contributed by atoms with Gasteiger partial charge in [-0.1, -0.05) is 17.7 Å². The highest BCUT2D eigenvalue weighted by molar-refractivity contribution is 6.31. The SMILES string of the molecule is C=C[C@@H](c1c(F)ccc(F)c1Cl)N1CCNCC1. The molecule has 1 aromatic rings. The standard InChI is InChI=1S/C13H15ClF2N2/c1-2-11(18-7-5-17-6-8-18)12-9(15)3-4-10(16)13(12)14/h2-4,11,17H,1,5-8H2/t11-/m0/s1. The molecule has 0 spiro atoms. The third-order valence-electron chi connectivity index (χ3n) is 3.14. The minimum atomic E-state index is -0.602. The zero-order valence-corrected chi connectivity index (χ0v) is 10.7. The van der Waals surface area contributed by atoms with Gasteiger partial charge < -0.3 is 5.32 Å². The van der Waals surface area contributed by atoms with Crippen molar-refractivity contribution in [2.45, 2.75) is 6.04 Å². The summed E-state index contributed by atoms with van der Waals surface area (Å²) in [5.41, 5.74) is 0.175. The van der Waals surface area contributed by atoms with Gasteiger partial charge in [-0.05, 0) is 12.1 Å². The molecule has 2 nitrogen and oxygen atoms in total. The number of piperazine rings is 1. The summed E-state index contributed by atoms with van der Waals surface area (Å²) in [5.74, 6) is -1.10. The molecule has 0 amide bonds. The molecule has 0 radical (unpaired) electrons. The van der Waals surface area contributed by atoms with E-state index in [2.05, 4.69) is 11.9 Å². The lowest BCUT2D eigenvalue weighted by molar-refractivity contribution is 0.200. The molecule has 0 unspecified atom stereocenters. The van der Waals surface area contributed by atoms with Gasteiger partial charge in [-0.2, -0.15) is 0 Å². The molecule has 0 aliphatic carbocycles. The number of benzene rings is 1. The van der Waals surface area contributed by atoms with Crippen LogP contribution < -0.4 is 5.32 Å². The van der Waals surface area contributed by atoms with Crippen molar-refractivity contribution < 1.29 is 8.78 Å². The smallest absolute Gasteiger partial charge is 0.142 e. The van der Waals surface area contributed by atoms with E-state index in [1.807, 2.05) is 4.90 Å². The molecule has 0 bridgehead atoms. The van der Waals surface area contributed by atoms with Gasteiger partial charge in [0.2, 0.25) is 0 Å². The summed E-state index contributed by atoms with van der Waals surface area (Å²) in [7, 11) is 0. The van der Waals surface area contributed by atoms with Gasteiger partial charge in [-0.25, -0.2) is 8.78 Å². The van der Waals surface area contributed by atoms with Crippen LogP contribution in [0.2, 0.25) is 5.02 Å². The van der Waals surface area contributed by atoms with E-state index in [-0.39, 0.29) is 10.6 Å². The fraction of sp³-hybridized carbons (Fsp3) is 0.385. The fourth-order valence-electron chi connectivity index (χ4n) is 2.22. The van der Waals surface area contributed by atoms with Crippen LogP contribution in [0.5, 0.6) is 0 Å². The Bertz CT molecular complexity index is 445. The minimum Gasteiger partial charge on any atom is -0.314 e. The van der Waals surface area contributed by atoms with Gasteiger partial charge >= 0.3 is 0 Å². The number of hydrogen-bond donors (Lipinski definition) is 1. The summed E-state index contributed by atoms with van der Waals surface area (Å²) in [6, 6.07) is 1.75. The van der Waals surface area contributed by atoms with Crippen LogP contribution in [0.1, 0.15) is 11.6 Å². The van der Waals surface area contributed by atoms with Crippen LogP contribution in [0.3, 0.4) is 0 Å². The Morgan fingerprint density at radius 3 is 2.50 bits per heavy atom. The summed E-state index contributed by atoms with van der Waals surface area (Å²) in [6.45, 7) is 6.86. The highest BCUT2D eigenvalue weighted by Crippen LogP contribution is 2.32. The molecular weight excluding hydrogens is 258 g/mol. The van der Waals surface area contributed by atoms with E-state index in [9.17, 15) is 8.78 Å². The van der Waals surface area contributed by atoms with Crippen molar-refractivity contribution in [1.29, 1.82) is 0 Å². The predicted octanol–water partition coefficient (Wildman–Crippen LogP) is 2.75. The van der Waals surface area contributed by atoms with Crippen LogP contribution in [0.4, 0.5) is 8.78 Å². The van der Waals surface area contributed by atoms with Crippen molar-refractivity contribution in [3.05, 3.63) is 47.0 Å². The quantitative estimate of drug-likeness (QED) is 0.672. The third kappa shape index (κ3) is 2.55. The van der Waals surface area contributed by atoms with E-state index in [0.717, 1.165) is 38.3 Å². The van der Waals surface area contributed by atoms with Gasteiger partial charge in [-0.15, -0.1) is 6.58 Å². The number of nitrogens with zero attached hydrogens (tertiary/aromatic N) is 1. The summed E-state index contributed by atoms with van der Waals surface area (Å²) >= 11 is 5.89. The molecule has 1 saturated heterocycles. The average Bonchev–Trinajstić information content (AvgIpc) is 2.40. The molecular formula is C13H15ClF2N2. The molecule has 0 aromatic heterocycles. The van der Waals surface area contributed by atoms with Crippen molar-refractivity contribution in [2.24, 2.45) is 0 Å². The maximum Gasteiger partial charge on any atom is 0.142 e. The van der Waals surface area contributed by atoms with E-state index in [0.29, 0.717) is 0 Å². The number of hydrogen-bond acceptors (Lipinski definition) is 2. The van der Waals surface area contributed by atoms with Crippen LogP contribution in [0.15, 0.2) is 24.8 Å². The molecule has 1 atom stereocenters. The lowest BCUT2D eigenvalue weighted by Crippen LogP contribution is -2.44. The van der Waals surface area contributed by atoms with E-state index < -0.39 is 17.7 Å². The minimum absolute atomic E-state index is 0.154. The van der Waals surface area contributed by atoms with Gasteiger partial charge in [0.1, 0.15) is 11.6 Å². The normalized spacial score (nSPS) is 18.6. The predicted molar refractivity (Wildman–Crippen MR) is 68.7 cm³/mol. The summed E-state index contributed by atoms with van der Waals surface area (Å²) < 4.78 is 27.3. The Kier molecular flexibility index (Phi) is 4.32. The highest BCUT2D eigenvalue weighted by atomic mass is 35.5. The van der Waals surface area contributed by atoms with Crippen LogP contribution in [-0.4, -0.2) is 31.1 Å². The van der Waals surface area contributed by atoms with Gasteiger partial charge in [0.15, 0.2) is 0 Å². The van der Waals surface area contributed by atoms with E-state index in [1.165, 1.54) is 0 Å². The number of rotatable bonds is 3. The van der Waals surface area contributed by atoms with Crippen LogP contribution in [0.25, 0.3) is 0 Å². The molecule has 1 fully saturated rings. The van der Waals surface area contributed by atoms with E-state index >= 15 is 0 Å². The topological polar surface area (TPSA) is 15.3 Å². The van der Waals surface area contributed by atoms with Gasteiger partial charge in [0, 0.05) is 31.7 Å². The largest absolute Gasteiger partial charge is 0.314 e. The first-order valence-corrected chi connectivity index (χ1v) is 6.23. The second kappa shape index (κ2) is 5.78. The molecule has 0 saturated carbocycles. The lowest BCUT2D eigenvalue weighted by Gasteiger charge is -2.34. The van der Waals surface area contributed by atoms with Crippen LogP contribution >= 0.6 is 11.6 Å². The van der Waals surface area contributed by atoms with E-state index in [4.69, 9.17) is 11.6 Å². The second-order valence-electron chi connectivity index (χ2n) is 4.22. The van der Waals surface area contributed by atoms with Gasteiger partial charge in [0.05, 0.1) is 11.1 Å².